The van der Waals surface area contributed by atoms with E-state index in [4.69, 9.17) is 9.47 Å². The number of esters is 1. The maximum atomic E-state index is 11.7. The highest BCUT2D eigenvalue weighted by Crippen LogP contribution is 2.22. The van der Waals surface area contributed by atoms with Gasteiger partial charge in [0.1, 0.15) is 5.01 Å². The number of hydrogen-bond acceptors (Lipinski definition) is 7. The Labute approximate surface area is 146 Å². The predicted octanol–water partition coefficient (Wildman–Crippen LogP) is 1.60. The fourth-order valence-corrected chi connectivity index (χ4v) is 3.76. The third-order valence-electron chi connectivity index (χ3n) is 4.11. The molecule has 0 bridgehead atoms. The monoisotopic (exact) mass is 349 g/mol. The maximum Gasteiger partial charge on any atom is 0.319 e. The predicted molar refractivity (Wildman–Crippen MR) is 94.2 cm³/mol. The minimum absolute atomic E-state index is 0.210. The van der Waals surface area contributed by atoms with E-state index in [1.807, 2.05) is 18.2 Å². The second-order valence-electron chi connectivity index (χ2n) is 5.82. The molecule has 0 unspecified atom stereocenters. The molecule has 0 N–H and O–H groups in total. The number of ether oxygens (including phenoxy) is 2. The molecule has 0 atom stereocenters. The summed E-state index contributed by atoms with van der Waals surface area (Å²) in [5.74, 6) is -0.210. The summed E-state index contributed by atoms with van der Waals surface area (Å²) < 4.78 is 11.4. The number of aromatic nitrogens is 1. The van der Waals surface area contributed by atoms with Crippen LogP contribution in [0, 0.1) is 0 Å². The molecule has 6 nitrogen and oxygen atoms in total. The van der Waals surface area contributed by atoms with Crippen molar-refractivity contribution < 1.29 is 14.3 Å². The van der Waals surface area contributed by atoms with Crippen LogP contribution in [0.3, 0.4) is 0 Å². The first-order valence-electron chi connectivity index (χ1n) is 8.18. The third-order valence-corrected chi connectivity index (χ3v) is 5.13. The molecule has 1 saturated heterocycles. The number of fused-ring (bicyclic) bond motifs is 1. The van der Waals surface area contributed by atoms with E-state index in [0.29, 0.717) is 6.54 Å². The molecule has 1 aliphatic heterocycles. The average Bonchev–Trinajstić information content (AvgIpc) is 3.02. The molecule has 130 valence electrons. The first kappa shape index (κ1) is 17.3. The highest BCUT2D eigenvalue weighted by Gasteiger charge is 2.17. The zero-order chi connectivity index (χ0) is 16.8. The lowest BCUT2D eigenvalue weighted by molar-refractivity contribution is -0.142. The van der Waals surface area contributed by atoms with Gasteiger partial charge in [0, 0.05) is 26.2 Å². The van der Waals surface area contributed by atoms with Gasteiger partial charge in [0.2, 0.25) is 0 Å². The van der Waals surface area contributed by atoms with Crippen molar-refractivity contribution >= 4 is 27.5 Å². The van der Waals surface area contributed by atoms with E-state index in [1.165, 1.54) is 11.8 Å². The molecule has 1 aromatic heterocycles. The molecular formula is C17H23N3O3S. The molecule has 2 aromatic rings. The number of benzene rings is 1. The van der Waals surface area contributed by atoms with Crippen molar-refractivity contribution in [3.8, 4) is 0 Å². The number of para-hydroxylation sites is 1. The molecule has 0 aliphatic carbocycles. The molecule has 1 fully saturated rings. The van der Waals surface area contributed by atoms with Crippen LogP contribution < -0.4 is 0 Å². The molecule has 0 amide bonds. The van der Waals surface area contributed by atoms with E-state index in [0.717, 1.165) is 49.9 Å². The number of hydrogen-bond donors (Lipinski definition) is 0. The Morgan fingerprint density at radius 3 is 2.92 bits per heavy atom. The van der Waals surface area contributed by atoms with Crippen molar-refractivity contribution in [3.63, 3.8) is 0 Å². The molecule has 1 aliphatic rings. The second kappa shape index (κ2) is 8.53. The Bertz CT molecular complexity index is 637. The molecule has 1 aromatic carbocycles. The van der Waals surface area contributed by atoms with Crippen molar-refractivity contribution in [2.24, 2.45) is 0 Å². The minimum atomic E-state index is -0.210. The Morgan fingerprint density at radius 1 is 1.38 bits per heavy atom. The largest absolute Gasteiger partial charge is 0.468 e. The van der Waals surface area contributed by atoms with E-state index in [-0.39, 0.29) is 12.5 Å². The molecule has 3 rings (SSSR count). The van der Waals surface area contributed by atoms with Crippen LogP contribution >= 0.6 is 11.3 Å². The Morgan fingerprint density at radius 2 is 2.17 bits per heavy atom. The topological polar surface area (TPSA) is 54.9 Å². The fraction of sp³-hybridized carbons (Fsp3) is 0.529. The van der Waals surface area contributed by atoms with Crippen LogP contribution in [0.2, 0.25) is 0 Å². The van der Waals surface area contributed by atoms with Crippen LogP contribution in [0.15, 0.2) is 24.3 Å². The summed E-state index contributed by atoms with van der Waals surface area (Å²) in [7, 11) is 1.43. The SMILES string of the molecule is COC(=O)CN(CCN1CCOCC1)Cc1nc2ccccc2s1. The van der Waals surface area contributed by atoms with E-state index < -0.39 is 0 Å². The second-order valence-corrected chi connectivity index (χ2v) is 6.93. The summed E-state index contributed by atoms with van der Waals surface area (Å²) in [4.78, 5) is 20.9. The smallest absolute Gasteiger partial charge is 0.319 e. The van der Waals surface area contributed by atoms with Gasteiger partial charge in [-0.15, -0.1) is 11.3 Å². The lowest BCUT2D eigenvalue weighted by Gasteiger charge is -2.29. The van der Waals surface area contributed by atoms with Crippen molar-refractivity contribution in [2.75, 3.05) is 53.0 Å². The summed E-state index contributed by atoms with van der Waals surface area (Å²) in [6.07, 6.45) is 0. The maximum absolute atomic E-state index is 11.7. The number of thiazole rings is 1. The minimum Gasteiger partial charge on any atom is -0.468 e. The van der Waals surface area contributed by atoms with Crippen molar-refractivity contribution in [1.29, 1.82) is 0 Å². The van der Waals surface area contributed by atoms with Crippen LogP contribution in [0.1, 0.15) is 5.01 Å². The quantitative estimate of drug-likeness (QED) is 0.708. The summed E-state index contributed by atoms with van der Waals surface area (Å²) in [5, 5.41) is 1.03. The van der Waals surface area contributed by atoms with Gasteiger partial charge in [-0.25, -0.2) is 4.98 Å². The van der Waals surface area contributed by atoms with Crippen LogP contribution in [0.4, 0.5) is 0 Å². The number of rotatable bonds is 7. The van der Waals surface area contributed by atoms with Crippen LogP contribution in [-0.4, -0.2) is 73.8 Å². The number of carbonyl (C=O) groups excluding carboxylic acids is 1. The molecule has 0 spiro atoms. The van der Waals surface area contributed by atoms with Gasteiger partial charge in [-0.05, 0) is 12.1 Å². The summed E-state index contributed by atoms with van der Waals surface area (Å²) in [5.41, 5.74) is 1.02. The zero-order valence-corrected chi connectivity index (χ0v) is 14.8. The van der Waals surface area contributed by atoms with Crippen molar-refractivity contribution in [3.05, 3.63) is 29.3 Å². The van der Waals surface area contributed by atoms with Crippen molar-refractivity contribution in [1.82, 2.24) is 14.8 Å². The molecule has 7 heteroatoms. The normalized spacial score (nSPS) is 15.9. The van der Waals surface area contributed by atoms with Crippen LogP contribution in [-0.2, 0) is 20.8 Å². The van der Waals surface area contributed by atoms with Gasteiger partial charge in [0.25, 0.3) is 0 Å². The van der Waals surface area contributed by atoms with E-state index in [9.17, 15) is 4.79 Å². The van der Waals surface area contributed by atoms with Gasteiger partial charge in [-0.2, -0.15) is 0 Å². The van der Waals surface area contributed by atoms with Crippen molar-refractivity contribution in [2.45, 2.75) is 6.54 Å². The Hall–Kier alpha value is -1.54. The summed E-state index contributed by atoms with van der Waals surface area (Å²) in [6, 6.07) is 8.12. The summed E-state index contributed by atoms with van der Waals surface area (Å²) >= 11 is 1.68. The first-order chi connectivity index (χ1) is 11.7. The number of carbonyl (C=O) groups is 1. The number of methoxy groups -OCH3 is 1. The van der Waals surface area contributed by atoms with Crippen LogP contribution in [0.5, 0.6) is 0 Å². The molecule has 24 heavy (non-hydrogen) atoms. The zero-order valence-electron chi connectivity index (χ0n) is 13.9. The van der Waals surface area contributed by atoms with Gasteiger partial charge in [-0.1, -0.05) is 12.1 Å². The van der Waals surface area contributed by atoms with Gasteiger partial charge >= 0.3 is 5.97 Å². The van der Waals surface area contributed by atoms with Gasteiger partial charge in [0.05, 0.1) is 43.6 Å². The lowest BCUT2D eigenvalue weighted by Crippen LogP contribution is -2.42. The van der Waals surface area contributed by atoms with Gasteiger partial charge < -0.3 is 9.47 Å². The fourth-order valence-electron chi connectivity index (χ4n) is 2.75. The third kappa shape index (κ3) is 4.73. The number of nitrogens with zero attached hydrogens (tertiary/aromatic N) is 3. The standard InChI is InChI=1S/C17H23N3O3S/c1-22-17(21)13-20(7-6-19-8-10-23-11-9-19)12-16-18-14-4-2-3-5-15(14)24-16/h2-5H,6-13H2,1H3. The number of morpholine rings is 1. The average molecular weight is 349 g/mol. The van der Waals surface area contributed by atoms with Gasteiger partial charge in [-0.3, -0.25) is 14.6 Å². The highest BCUT2D eigenvalue weighted by molar-refractivity contribution is 7.18. The summed E-state index contributed by atoms with van der Waals surface area (Å²) in [6.45, 7) is 6.16. The molecule has 0 saturated carbocycles. The van der Waals surface area contributed by atoms with E-state index in [2.05, 4.69) is 20.9 Å². The first-order valence-corrected chi connectivity index (χ1v) is 9.00. The Kier molecular flexibility index (Phi) is 6.14. The lowest BCUT2D eigenvalue weighted by atomic mass is 10.3. The van der Waals surface area contributed by atoms with Crippen LogP contribution in [0.25, 0.3) is 10.2 Å². The molecule has 2 heterocycles. The highest BCUT2D eigenvalue weighted by atomic mass is 32.1. The molecular weight excluding hydrogens is 326 g/mol. The van der Waals surface area contributed by atoms with E-state index in [1.54, 1.807) is 11.3 Å². The Balaban J connectivity index is 1.63. The molecule has 0 radical (unpaired) electrons. The van der Waals surface area contributed by atoms with E-state index >= 15 is 0 Å². The van der Waals surface area contributed by atoms with Gasteiger partial charge in [0.15, 0.2) is 0 Å².